The van der Waals surface area contributed by atoms with Crippen molar-refractivity contribution in [2.75, 3.05) is 26.2 Å². The predicted molar refractivity (Wildman–Crippen MR) is 98.6 cm³/mol. The van der Waals surface area contributed by atoms with Gasteiger partial charge in [-0.05, 0) is 50.8 Å². The number of benzene rings is 1. The number of hydrogen-bond acceptors (Lipinski definition) is 6. The third kappa shape index (κ3) is 4.45. The van der Waals surface area contributed by atoms with E-state index in [9.17, 15) is 23.3 Å². The molecule has 1 amide bonds. The molecule has 2 fully saturated rings. The molecule has 0 saturated carbocycles. The number of carbonyl (C=O) groups excluding carboxylic acids is 1. The van der Waals surface area contributed by atoms with Crippen molar-refractivity contribution in [3.63, 3.8) is 0 Å². The van der Waals surface area contributed by atoms with Gasteiger partial charge in [0.25, 0.3) is 5.69 Å². The van der Waals surface area contributed by atoms with Crippen LogP contribution in [0.4, 0.5) is 5.69 Å². The van der Waals surface area contributed by atoms with Crippen molar-refractivity contribution in [2.45, 2.75) is 36.6 Å². The Kier molecular flexibility index (Phi) is 6.08. The number of rotatable bonds is 6. The van der Waals surface area contributed by atoms with Crippen molar-refractivity contribution in [1.82, 2.24) is 14.9 Å². The van der Waals surface area contributed by atoms with Gasteiger partial charge in [0.2, 0.25) is 15.9 Å². The van der Waals surface area contributed by atoms with Gasteiger partial charge >= 0.3 is 0 Å². The first-order valence-electron chi connectivity index (χ1n) is 9.14. The van der Waals surface area contributed by atoms with Crippen LogP contribution < -0.4 is 10.6 Å². The highest BCUT2D eigenvalue weighted by Gasteiger charge is 2.39. The average molecular weight is 396 g/mol. The van der Waals surface area contributed by atoms with Crippen LogP contribution in [0.3, 0.4) is 0 Å². The number of non-ortho nitro benzene ring substituents is 1. The van der Waals surface area contributed by atoms with Gasteiger partial charge in [-0.3, -0.25) is 14.9 Å². The van der Waals surface area contributed by atoms with E-state index in [2.05, 4.69) is 10.6 Å². The van der Waals surface area contributed by atoms with E-state index in [0.29, 0.717) is 25.3 Å². The van der Waals surface area contributed by atoms with Crippen molar-refractivity contribution in [3.8, 4) is 0 Å². The molecule has 1 aromatic rings. The minimum Gasteiger partial charge on any atom is -0.354 e. The van der Waals surface area contributed by atoms with Crippen molar-refractivity contribution >= 4 is 21.6 Å². The molecule has 2 saturated heterocycles. The molecule has 1 aromatic carbocycles. The summed E-state index contributed by atoms with van der Waals surface area (Å²) in [6.45, 7) is 2.59. The molecule has 0 aliphatic carbocycles. The van der Waals surface area contributed by atoms with E-state index >= 15 is 0 Å². The Morgan fingerprint density at radius 3 is 2.85 bits per heavy atom. The number of nitro groups is 1. The zero-order chi connectivity index (χ0) is 19.4. The lowest BCUT2D eigenvalue weighted by Gasteiger charge is -2.26. The van der Waals surface area contributed by atoms with Crippen LogP contribution in [0.2, 0.25) is 0 Å². The highest BCUT2D eigenvalue weighted by atomic mass is 32.2. The van der Waals surface area contributed by atoms with Crippen LogP contribution in [0.15, 0.2) is 29.2 Å². The highest BCUT2D eigenvalue weighted by molar-refractivity contribution is 7.89. The molecule has 2 atom stereocenters. The number of piperidine rings is 1. The molecule has 0 bridgehead atoms. The van der Waals surface area contributed by atoms with Crippen LogP contribution in [0.25, 0.3) is 0 Å². The molecule has 0 spiro atoms. The summed E-state index contributed by atoms with van der Waals surface area (Å²) in [7, 11) is -3.98. The minimum atomic E-state index is -3.98. The van der Waals surface area contributed by atoms with E-state index in [1.54, 1.807) is 0 Å². The van der Waals surface area contributed by atoms with Gasteiger partial charge in [0.05, 0.1) is 9.82 Å². The molecule has 10 heteroatoms. The molecule has 3 rings (SSSR count). The van der Waals surface area contributed by atoms with Crippen LogP contribution in [0.5, 0.6) is 0 Å². The van der Waals surface area contributed by atoms with Crippen molar-refractivity contribution in [1.29, 1.82) is 0 Å². The van der Waals surface area contributed by atoms with Crippen LogP contribution in [0, 0.1) is 16.0 Å². The smallest absolute Gasteiger partial charge is 0.270 e. The first kappa shape index (κ1) is 19.7. The Bertz CT molecular complexity index is 807. The van der Waals surface area contributed by atoms with Crippen molar-refractivity contribution < 1.29 is 18.1 Å². The van der Waals surface area contributed by atoms with E-state index in [0.717, 1.165) is 32.0 Å². The monoisotopic (exact) mass is 396 g/mol. The fourth-order valence-electron chi connectivity index (χ4n) is 3.64. The number of nitro benzene ring substituents is 1. The second-order valence-electron chi connectivity index (χ2n) is 6.99. The van der Waals surface area contributed by atoms with Gasteiger partial charge in [-0.1, -0.05) is 6.07 Å². The molecular weight excluding hydrogens is 372 g/mol. The quantitative estimate of drug-likeness (QED) is 0.543. The number of sulfonamides is 1. The van der Waals surface area contributed by atoms with E-state index in [4.69, 9.17) is 0 Å². The molecule has 2 N–H and O–H groups in total. The van der Waals surface area contributed by atoms with Gasteiger partial charge < -0.3 is 10.6 Å². The van der Waals surface area contributed by atoms with Gasteiger partial charge in [0, 0.05) is 25.2 Å². The van der Waals surface area contributed by atoms with E-state index < -0.39 is 21.0 Å². The number of amides is 1. The largest absolute Gasteiger partial charge is 0.354 e. The number of hydrogen-bond donors (Lipinski definition) is 2. The maximum atomic E-state index is 12.9. The SMILES string of the molecule is O=C(NCC1CCCNC1)C1CCCN1S(=O)(=O)c1cccc([N+](=O)[O-])c1. The fraction of sp³-hybridized carbons (Fsp3) is 0.588. The van der Waals surface area contributed by atoms with Crippen molar-refractivity contribution in [2.24, 2.45) is 5.92 Å². The summed E-state index contributed by atoms with van der Waals surface area (Å²) in [4.78, 5) is 22.8. The number of nitrogens with zero attached hydrogens (tertiary/aromatic N) is 2. The van der Waals surface area contributed by atoms with Gasteiger partial charge in [-0.2, -0.15) is 4.31 Å². The zero-order valence-corrected chi connectivity index (χ0v) is 15.8. The normalized spacial score (nSPS) is 23.9. The van der Waals surface area contributed by atoms with E-state index in [-0.39, 0.29) is 23.0 Å². The van der Waals surface area contributed by atoms with E-state index in [1.807, 2.05) is 0 Å². The first-order chi connectivity index (χ1) is 12.9. The van der Waals surface area contributed by atoms with Crippen LogP contribution in [0.1, 0.15) is 25.7 Å². The molecule has 148 valence electrons. The third-order valence-electron chi connectivity index (χ3n) is 5.11. The summed E-state index contributed by atoms with van der Waals surface area (Å²) in [5, 5.41) is 17.1. The Morgan fingerprint density at radius 1 is 1.33 bits per heavy atom. The zero-order valence-electron chi connectivity index (χ0n) is 15.0. The fourth-order valence-corrected chi connectivity index (χ4v) is 5.34. The Balaban J connectivity index is 1.71. The van der Waals surface area contributed by atoms with Crippen LogP contribution in [-0.4, -0.2) is 55.8 Å². The number of carbonyl (C=O) groups is 1. The van der Waals surface area contributed by atoms with Gasteiger partial charge in [0.15, 0.2) is 0 Å². The minimum absolute atomic E-state index is 0.159. The lowest BCUT2D eigenvalue weighted by Crippen LogP contribution is -2.48. The Hall–Kier alpha value is -2.04. The summed E-state index contributed by atoms with van der Waals surface area (Å²) in [5.74, 6) is 0.0537. The molecule has 0 aromatic heterocycles. The Labute approximate surface area is 158 Å². The maximum Gasteiger partial charge on any atom is 0.270 e. The lowest BCUT2D eigenvalue weighted by molar-refractivity contribution is -0.385. The predicted octanol–water partition coefficient (Wildman–Crippen LogP) is 0.864. The Morgan fingerprint density at radius 2 is 2.15 bits per heavy atom. The molecule has 0 radical (unpaired) electrons. The molecule has 27 heavy (non-hydrogen) atoms. The molecule has 2 unspecified atom stereocenters. The number of nitrogens with one attached hydrogen (secondary N) is 2. The molecule has 2 aliphatic rings. The standard InChI is InChI=1S/C17H24N4O5S/c22-17(19-12-13-4-2-8-18-11-13)16-7-3-9-20(16)27(25,26)15-6-1-5-14(10-15)21(23)24/h1,5-6,10,13,16,18H,2-4,7-9,11-12H2,(H,19,22). The molecule has 2 aliphatic heterocycles. The second kappa shape index (κ2) is 8.32. The summed E-state index contributed by atoms with van der Waals surface area (Å²) >= 11 is 0. The van der Waals surface area contributed by atoms with E-state index in [1.165, 1.54) is 22.5 Å². The van der Waals surface area contributed by atoms with Crippen LogP contribution in [-0.2, 0) is 14.8 Å². The molecule has 9 nitrogen and oxygen atoms in total. The molecule has 2 heterocycles. The summed E-state index contributed by atoms with van der Waals surface area (Å²) in [5.41, 5.74) is -0.291. The highest BCUT2D eigenvalue weighted by Crippen LogP contribution is 2.28. The van der Waals surface area contributed by atoms with Crippen LogP contribution >= 0.6 is 0 Å². The second-order valence-corrected chi connectivity index (χ2v) is 8.88. The third-order valence-corrected chi connectivity index (χ3v) is 7.01. The topological polar surface area (TPSA) is 122 Å². The summed E-state index contributed by atoms with van der Waals surface area (Å²) in [6.07, 6.45) is 3.13. The van der Waals surface area contributed by atoms with Gasteiger partial charge in [0.1, 0.15) is 6.04 Å². The van der Waals surface area contributed by atoms with Crippen molar-refractivity contribution in [3.05, 3.63) is 34.4 Å². The summed E-state index contributed by atoms with van der Waals surface area (Å²) in [6, 6.07) is 4.17. The molecular formula is C17H24N4O5S. The van der Waals surface area contributed by atoms with Gasteiger partial charge in [-0.15, -0.1) is 0 Å². The average Bonchev–Trinajstić information content (AvgIpc) is 3.18. The lowest BCUT2D eigenvalue weighted by atomic mass is 9.99. The van der Waals surface area contributed by atoms with Gasteiger partial charge in [-0.25, -0.2) is 8.42 Å². The first-order valence-corrected chi connectivity index (χ1v) is 10.6. The summed E-state index contributed by atoms with van der Waals surface area (Å²) < 4.78 is 27.1. The maximum absolute atomic E-state index is 12.9.